The molecule has 1 heterocycles. The number of furan rings is 1. The molecule has 0 atom stereocenters. The van der Waals surface area contributed by atoms with Gasteiger partial charge in [0.1, 0.15) is 11.2 Å². The van der Waals surface area contributed by atoms with Crippen molar-refractivity contribution in [3.05, 3.63) is 71.8 Å². The van der Waals surface area contributed by atoms with Crippen LogP contribution in [0, 0.1) is 6.92 Å². The fraction of sp³-hybridized carbons (Fsp3) is 0.217. The Hall–Kier alpha value is -2.54. The molecule has 0 aliphatic rings. The van der Waals surface area contributed by atoms with Gasteiger partial charge in [-0.1, -0.05) is 63.2 Å². The van der Waals surface area contributed by atoms with Crippen LogP contribution >= 0.6 is 0 Å². The Balaban J connectivity index is 1.85. The lowest BCUT2D eigenvalue weighted by atomic mass is 9.83. The highest BCUT2D eigenvalue weighted by atomic mass is 16.3. The minimum absolute atomic E-state index is 0.172. The molecule has 1 heteroatoms. The second-order valence-electron chi connectivity index (χ2n) is 7.59. The van der Waals surface area contributed by atoms with Crippen molar-refractivity contribution < 1.29 is 4.42 Å². The number of hydrogen-bond acceptors (Lipinski definition) is 1. The van der Waals surface area contributed by atoms with Crippen LogP contribution in [0.1, 0.15) is 31.9 Å². The molecule has 24 heavy (non-hydrogen) atoms. The highest BCUT2D eigenvalue weighted by Crippen LogP contribution is 2.34. The van der Waals surface area contributed by atoms with E-state index in [1.54, 1.807) is 0 Å². The molecule has 0 unspecified atom stereocenters. The summed E-state index contributed by atoms with van der Waals surface area (Å²) in [5.41, 5.74) is 7.24. The molecule has 0 spiro atoms. The fourth-order valence-electron chi connectivity index (χ4n) is 3.59. The summed E-state index contributed by atoms with van der Waals surface area (Å²) in [6.45, 7) is 8.98. The molecule has 4 aromatic rings. The largest absolute Gasteiger partial charge is 0.456 e. The maximum absolute atomic E-state index is 6.02. The lowest BCUT2D eigenvalue weighted by molar-refractivity contribution is 0.586. The summed E-state index contributed by atoms with van der Waals surface area (Å²) in [4.78, 5) is 0. The van der Waals surface area contributed by atoms with Crippen LogP contribution in [0.4, 0.5) is 0 Å². The van der Waals surface area contributed by atoms with Crippen molar-refractivity contribution in [2.75, 3.05) is 0 Å². The second kappa shape index (κ2) is 5.24. The molecular weight excluding hydrogens is 292 g/mol. The molecule has 0 radical (unpaired) electrons. The van der Waals surface area contributed by atoms with Gasteiger partial charge in [-0.15, -0.1) is 0 Å². The summed E-state index contributed by atoms with van der Waals surface area (Å²) in [5, 5.41) is 2.36. The van der Waals surface area contributed by atoms with E-state index in [1.807, 2.05) is 12.1 Å². The third kappa shape index (κ3) is 2.41. The van der Waals surface area contributed by atoms with Gasteiger partial charge in [0.15, 0.2) is 0 Å². The van der Waals surface area contributed by atoms with Crippen LogP contribution < -0.4 is 0 Å². The maximum Gasteiger partial charge on any atom is 0.136 e. The van der Waals surface area contributed by atoms with Gasteiger partial charge in [-0.05, 0) is 52.8 Å². The third-order valence-electron chi connectivity index (χ3n) is 4.75. The molecule has 1 aromatic heterocycles. The number of para-hydroxylation sites is 1. The Bertz CT molecular complexity index is 1040. The quantitative estimate of drug-likeness (QED) is 0.374. The van der Waals surface area contributed by atoms with Crippen LogP contribution in [-0.4, -0.2) is 0 Å². The third-order valence-corrected chi connectivity index (χ3v) is 4.75. The number of benzene rings is 3. The lowest BCUT2D eigenvalue weighted by Crippen LogP contribution is -2.12. The van der Waals surface area contributed by atoms with E-state index < -0.39 is 0 Å². The normalized spacial score (nSPS) is 12.2. The molecule has 0 aliphatic carbocycles. The topological polar surface area (TPSA) is 13.1 Å². The first kappa shape index (κ1) is 15.0. The second-order valence-corrected chi connectivity index (χ2v) is 7.59. The van der Waals surface area contributed by atoms with E-state index in [-0.39, 0.29) is 5.41 Å². The first-order chi connectivity index (χ1) is 11.4. The minimum Gasteiger partial charge on any atom is -0.456 e. The summed E-state index contributed by atoms with van der Waals surface area (Å²) in [6.07, 6.45) is 0. The van der Waals surface area contributed by atoms with Gasteiger partial charge in [-0.2, -0.15) is 0 Å². The van der Waals surface area contributed by atoms with Crippen molar-refractivity contribution in [1.29, 1.82) is 0 Å². The van der Waals surface area contributed by atoms with Gasteiger partial charge in [-0.25, -0.2) is 0 Å². The van der Waals surface area contributed by atoms with Gasteiger partial charge in [0, 0.05) is 10.8 Å². The van der Waals surface area contributed by atoms with Crippen LogP contribution in [-0.2, 0) is 5.41 Å². The fourth-order valence-corrected chi connectivity index (χ4v) is 3.59. The van der Waals surface area contributed by atoms with Crippen molar-refractivity contribution in [3.8, 4) is 11.1 Å². The first-order valence-electron chi connectivity index (χ1n) is 8.46. The molecule has 4 rings (SSSR count). The van der Waals surface area contributed by atoms with Gasteiger partial charge >= 0.3 is 0 Å². The van der Waals surface area contributed by atoms with Gasteiger partial charge in [0.25, 0.3) is 0 Å². The zero-order valence-corrected chi connectivity index (χ0v) is 14.7. The minimum atomic E-state index is 0.172. The predicted molar refractivity (Wildman–Crippen MR) is 103 cm³/mol. The zero-order chi connectivity index (χ0) is 16.9. The molecule has 0 bridgehead atoms. The van der Waals surface area contributed by atoms with Crippen LogP contribution in [0.3, 0.4) is 0 Å². The van der Waals surface area contributed by atoms with Crippen LogP contribution in [0.15, 0.2) is 65.1 Å². The Morgan fingerprint density at radius 2 is 1.38 bits per heavy atom. The first-order valence-corrected chi connectivity index (χ1v) is 8.46. The molecule has 120 valence electrons. The maximum atomic E-state index is 6.02. The average Bonchev–Trinajstić information content (AvgIpc) is 2.91. The average molecular weight is 314 g/mol. The SMILES string of the molecule is Cc1cc(-c2ccc3c(c2)oc2ccccc23)ccc1C(C)(C)C. The van der Waals surface area contributed by atoms with E-state index in [0.29, 0.717) is 0 Å². The van der Waals surface area contributed by atoms with Crippen molar-refractivity contribution in [2.45, 2.75) is 33.1 Å². The smallest absolute Gasteiger partial charge is 0.136 e. The summed E-state index contributed by atoms with van der Waals surface area (Å²) in [7, 11) is 0. The van der Waals surface area contributed by atoms with Crippen molar-refractivity contribution in [3.63, 3.8) is 0 Å². The summed E-state index contributed by atoms with van der Waals surface area (Å²) < 4.78 is 6.02. The van der Waals surface area contributed by atoms with E-state index in [4.69, 9.17) is 4.42 Å². The number of rotatable bonds is 1. The van der Waals surface area contributed by atoms with Crippen molar-refractivity contribution >= 4 is 21.9 Å². The van der Waals surface area contributed by atoms with E-state index in [1.165, 1.54) is 33.0 Å². The highest BCUT2D eigenvalue weighted by Gasteiger charge is 2.16. The molecule has 0 saturated heterocycles. The number of aryl methyl sites for hydroxylation is 1. The Kier molecular flexibility index (Phi) is 3.28. The van der Waals surface area contributed by atoms with E-state index >= 15 is 0 Å². The van der Waals surface area contributed by atoms with Gasteiger partial charge in [0.2, 0.25) is 0 Å². The van der Waals surface area contributed by atoms with Crippen LogP contribution in [0.2, 0.25) is 0 Å². The monoisotopic (exact) mass is 314 g/mol. The molecule has 0 N–H and O–H groups in total. The van der Waals surface area contributed by atoms with E-state index in [0.717, 1.165) is 11.2 Å². The Morgan fingerprint density at radius 3 is 2.12 bits per heavy atom. The van der Waals surface area contributed by atoms with Crippen molar-refractivity contribution in [1.82, 2.24) is 0 Å². The molecular formula is C23H22O. The Labute approximate surface area is 142 Å². The van der Waals surface area contributed by atoms with Gasteiger partial charge < -0.3 is 4.42 Å². The van der Waals surface area contributed by atoms with E-state index in [9.17, 15) is 0 Å². The van der Waals surface area contributed by atoms with Gasteiger partial charge in [-0.3, -0.25) is 0 Å². The van der Waals surface area contributed by atoms with Crippen molar-refractivity contribution in [2.24, 2.45) is 0 Å². The molecule has 1 nitrogen and oxygen atoms in total. The summed E-state index contributed by atoms with van der Waals surface area (Å²) in [5.74, 6) is 0. The highest BCUT2D eigenvalue weighted by molar-refractivity contribution is 6.05. The zero-order valence-electron chi connectivity index (χ0n) is 14.7. The molecule has 0 aliphatic heterocycles. The van der Waals surface area contributed by atoms with Gasteiger partial charge in [0.05, 0.1) is 0 Å². The number of fused-ring (bicyclic) bond motifs is 3. The van der Waals surface area contributed by atoms with E-state index in [2.05, 4.69) is 76.2 Å². The Morgan fingerprint density at radius 1 is 0.708 bits per heavy atom. The number of hydrogen-bond donors (Lipinski definition) is 0. The molecule has 0 saturated carbocycles. The summed E-state index contributed by atoms with van der Waals surface area (Å²) in [6, 6.07) is 21.5. The predicted octanol–water partition coefficient (Wildman–Crippen LogP) is 6.86. The lowest BCUT2D eigenvalue weighted by Gasteiger charge is -2.22. The molecule has 0 amide bonds. The summed E-state index contributed by atoms with van der Waals surface area (Å²) >= 11 is 0. The molecule has 3 aromatic carbocycles. The molecule has 0 fully saturated rings. The van der Waals surface area contributed by atoms with Crippen LogP contribution in [0.5, 0.6) is 0 Å². The standard InChI is InChI=1S/C23H22O/c1-15-13-16(10-12-20(15)23(2,3)4)17-9-11-19-18-7-5-6-8-21(18)24-22(19)14-17/h5-14H,1-4H3. The van der Waals surface area contributed by atoms with Crippen LogP contribution in [0.25, 0.3) is 33.1 Å².